The minimum atomic E-state index is -0.714. The first-order valence-electron chi connectivity index (χ1n) is 4.46. The molecular weight excluding hydrogens is 294 g/mol. The monoisotopic (exact) mass is 301 g/mol. The van der Waals surface area contributed by atoms with Crippen molar-refractivity contribution in [3.8, 4) is 5.75 Å². The summed E-state index contributed by atoms with van der Waals surface area (Å²) in [5, 5.41) is 10.7. The quantitative estimate of drug-likeness (QED) is 0.273. The highest BCUT2D eigenvalue weighted by Crippen LogP contribution is 2.29. The summed E-state index contributed by atoms with van der Waals surface area (Å²) >= 11 is 2.95. The fourth-order valence-electron chi connectivity index (χ4n) is 1.39. The van der Waals surface area contributed by atoms with Crippen LogP contribution in [0.1, 0.15) is 20.7 Å². The van der Waals surface area contributed by atoms with Crippen molar-refractivity contribution in [1.29, 1.82) is 0 Å². The molecule has 0 unspecified atom stereocenters. The fraction of sp³-hybridized carbons (Fsp3) is 0.200. The molecule has 0 radical (unpaired) electrons. The summed E-state index contributed by atoms with van der Waals surface area (Å²) in [6, 6.07) is 2.43. The van der Waals surface area contributed by atoms with E-state index in [1.165, 1.54) is 13.2 Å². The van der Waals surface area contributed by atoms with E-state index in [4.69, 9.17) is 4.74 Å². The first-order chi connectivity index (χ1) is 8.06. The van der Waals surface area contributed by atoms with Gasteiger partial charge in [-0.15, -0.1) is 0 Å². The predicted octanol–water partition coefficient (Wildman–Crippen LogP) is 1.99. The van der Waals surface area contributed by atoms with Crippen LogP contribution >= 0.6 is 15.9 Å². The third kappa shape index (κ3) is 2.50. The summed E-state index contributed by atoms with van der Waals surface area (Å²) in [5.41, 5.74) is -0.752. The number of carbonyl (C=O) groups is 2. The molecule has 0 fully saturated rings. The Morgan fingerprint density at radius 1 is 1.59 bits per heavy atom. The van der Waals surface area contributed by atoms with Crippen LogP contribution in [0, 0.1) is 10.1 Å². The zero-order valence-electron chi connectivity index (χ0n) is 8.81. The SMILES string of the molecule is COc1ccc([N+](=O)[O-])c(C=O)c1C(=O)CBr. The Kier molecular flexibility index (Phi) is 4.33. The highest BCUT2D eigenvalue weighted by molar-refractivity contribution is 9.09. The normalized spacial score (nSPS) is 9.76. The second kappa shape index (κ2) is 5.53. The van der Waals surface area contributed by atoms with E-state index in [-0.39, 0.29) is 28.5 Å². The standard InChI is InChI=1S/C10H8BrNO5/c1-17-9-3-2-7(12(15)16)6(5-13)10(9)8(14)4-11/h2-3,5H,4H2,1H3. The molecule has 0 saturated heterocycles. The van der Waals surface area contributed by atoms with Crippen LogP contribution < -0.4 is 4.74 Å². The van der Waals surface area contributed by atoms with Gasteiger partial charge in [0.2, 0.25) is 0 Å². The van der Waals surface area contributed by atoms with Gasteiger partial charge in [0.25, 0.3) is 5.69 Å². The highest BCUT2D eigenvalue weighted by Gasteiger charge is 2.24. The molecule has 6 nitrogen and oxygen atoms in total. The second-order valence-electron chi connectivity index (χ2n) is 3.01. The maximum Gasteiger partial charge on any atom is 0.280 e. The Labute approximate surface area is 105 Å². The van der Waals surface area contributed by atoms with Gasteiger partial charge in [0, 0.05) is 6.07 Å². The minimum Gasteiger partial charge on any atom is -0.496 e. The summed E-state index contributed by atoms with van der Waals surface area (Å²) in [7, 11) is 1.32. The number of carbonyl (C=O) groups excluding carboxylic acids is 2. The van der Waals surface area contributed by atoms with Crippen LogP contribution in [0.3, 0.4) is 0 Å². The van der Waals surface area contributed by atoms with Crippen molar-refractivity contribution < 1.29 is 19.2 Å². The summed E-state index contributed by atoms with van der Waals surface area (Å²) in [6.07, 6.45) is 0.288. The van der Waals surface area contributed by atoms with Gasteiger partial charge in [-0.25, -0.2) is 0 Å². The molecule has 90 valence electrons. The van der Waals surface area contributed by atoms with Crippen molar-refractivity contribution in [2.24, 2.45) is 0 Å². The average molecular weight is 302 g/mol. The third-order valence-corrected chi connectivity index (χ3v) is 2.63. The van der Waals surface area contributed by atoms with Gasteiger partial charge >= 0.3 is 0 Å². The fourth-order valence-corrected chi connectivity index (χ4v) is 1.67. The number of hydrogen-bond acceptors (Lipinski definition) is 5. The number of halogens is 1. The van der Waals surface area contributed by atoms with E-state index in [9.17, 15) is 19.7 Å². The second-order valence-corrected chi connectivity index (χ2v) is 3.57. The van der Waals surface area contributed by atoms with Crippen LogP contribution in [0.15, 0.2) is 12.1 Å². The van der Waals surface area contributed by atoms with Gasteiger partial charge < -0.3 is 4.74 Å². The van der Waals surface area contributed by atoms with Gasteiger partial charge in [0.15, 0.2) is 12.1 Å². The summed E-state index contributed by atoms with van der Waals surface area (Å²) in [6.45, 7) is 0. The number of hydrogen-bond donors (Lipinski definition) is 0. The van der Waals surface area contributed by atoms with E-state index >= 15 is 0 Å². The largest absolute Gasteiger partial charge is 0.496 e. The zero-order valence-corrected chi connectivity index (χ0v) is 10.4. The molecule has 0 amide bonds. The topological polar surface area (TPSA) is 86.5 Å². The van der Waals surface area contributed by atoms with Crippen molar-refractivity contribution in [3.05, 3.63) is 33.4 Å². The predicted molar refractivity (Wildman–Crippen MR) is 63.2 cm³/mol. The van der Waals surface area contributed by atoms with Gasteiger partial charge in [-0.05, 0) is 6.07 Å². The lowest BCUT2D eigenvalue weighted by atomic mass is 10.0. The lowest BCUT2D eigenvalue weighted by Crippen LogP contribution is -2.09. The average Bonchev–Trinajstić information content (AvgIpc) is 2.35. The van der Waals surface area contributed by atoms with Crippen LogP contribution in [-0.4, -0.2) is 29.4 Å². The number of methoxy groups -OCH3 is 1. The van der Waals surface area contributed by atoms with E-state index in [1.807, 2.05) is 0 Å². The molecule has 0 bridgehead atoms. The minimum absolute atomic E-state index is 0.0502. The number of rotatable bonds is 5. The Balaban J connectivity index is 3.60. The molecule has 0 saturated carbocycles. The van der Waals surface area contributed by atoms with Gasteiger partial charge in [-0.2, -0.15) is 0 Å². The molecule has 0 N–H and O–H groups in total. The molecule has 0 spiro atoms. The zero-order chi connectivity index (χ0) is 13.0. The maximum atomic E-state index is 11.6. The van der Waals surface area contributed by atoms with Crippen LogP contribution in [0.4, 0.5) is 5.69 Å². The molecule has 1 aromatic rings. The number of ether oxygens (including phenoxy) is 1. The van der Waals surface area contributed by atoms with Crippen molar-refractivity contribution in [2.45, 2.75) is 0 Å². The third-order valence-electron chi connectivity index (χ3n) is 2.12. The first-order valence-corrected chi connectivity index (χ1v) is 5.58. The molecule has 0 aromatic heterocycles. The molecule has 0 heterocycles. The van der Waals surface area contributed by atoms with E-state index in [0.717, 1.165) is 6.07 Å². The van der Waals surface area contributed by atoms with E-state index < -0.39 is 16.4 Å². The number of nitro benzene ring substituents is 1. The lowest BCUT2D eigenvalue weighted by molar-refractivity contribution is -0.385. The van der Waals surface area contributed by atoms with Crippen molar-refractivity contribution in [1.82, 2.24) is 0 Å². The van der Waals surface area contributed by atoms with E-state index in [2.05, 4.69) is 15.9 Å². The molecule has 1 aromatic carbocycles. The molecular formula is C10H8BrNO5. The summed E-state index contributed by atoms with van der Waals surface area (Å²) in [5.74, 6) is -0.310. The number of ketones is 1. The van der Waals surface area contributed by atoms with Gasteiger partial charge in [0.1, 0.15) is 11.3 Å². The van der Waals surface area contributed by atoms with Crippen molar-refractivity contribution in [3.63, 3.8) is 0 Å². The molecule has 7 heteroatoms. The Morgan fingerprint density at radius 3 is 2.65 bits per heavy atom. The van der Waals surface area contributed by atoms with Crippen LogP contribution in [-0.2, 0) is 0 Å². The summed E-state index contributed by atoms with van der Waals surface area (Å²) in [4.78, 5) is 32.6. The van der Waals surface area contributed by atoms with Gasteiger partial charge in [-0.1, -0.05) is 15.9 Å². The Morgan fingerprint density at radius 2 is 2.24 bits per heavy atom. The summed E-state index contributed by atoms with van der Waals surface area (Å²) < 4.78 is 4.92. The number of nitro groups is 1. The van der Waals surface area contributed by atoms with E-state index in [1.54, 1.807) is 0 Å². The molecule has 0 aliphatic rings. The molecule has 1 rings (SSSR count). The Bertz CT molecular complexity index is 486. The van der Waals surface area contributed by atoms with Crippen molar-refractivity contribution >= 4 is 33.7 Å². The van der Waals surface area contributed by atoms with Gasteiger partial charge in [-0.3, -0.25) is 19.7 Å². The number of nitrogens with zero attached hydrogens (tertiary/aromatic N) is 1. The number of benzene rings is 1. The lowest BCUT2D eigenvalue weighted by Gasteiger charge is -2.08. The van der Waals surface area contributed by atoms with Crippen molar-refractivity contribution in [2.75, 3.05) is 12.4 Å². The number of aldehydes is 1. The van der Waals surface area contributed by atoms with E-state index in [0.29, 0.717) is 0 Å². The van der Waals surface area contributed by atoms with Crippen LogP contribution in [0.2, 0.25) is 0 Å². The highest BCUT2D eigenvalue weighted by atomic mass is 79.9. The molecule has 0 aliphatic carbocycles. The smallest absolute Gasteiger partial charge is 0.280 e. The van der Waals surface area contributed by atoms with Crippen LogP contribution in [0.25, 0.3) is 0 Å². The number of alkyl halides is 1. The first kappa shape index (κ1) is 13.3. The maximum absolute atomic E-state index is 11.6. The van der Waals surface area contributed by atoms with Gasteiger partial charge in [0.05, 0.1) is 22.9 Å². The van der Waals surface area contributed by atoms with Crippen LogP contribution in [0.5, 0.6) is 5.75 Å². The Hall–Kier alpha value is -1.76. The molecule has 0 atom stereocenters. The number of Topliss-reactive ketones (excluding diaryl/α,β-unsaturated/α-hetero) is 1. The molecule has 17 heavy (non-hydrogen) atoms. The molecule has 0 aliphatic heterocycles.